The predicted octanol–water partition coefficient (Wildman–Crippen LogP) is 5.26. The van der Waals surface area contributed by atoms with Gasteiger partial charge in [-0.2, -0.15) is 0 Å². The van der Waals surface area contributed by atoms with Gasteiger partial charge in [-0.05, 0) is 42.1 Å². The average Bonchev–Trinajstić information content (AvgIpc) is 2.84. The summed E-state index contributed by atoms with van der Waals surface area (Å²) in [5, 5.41) is 2.53. The van der Waals surface area contributed by atoms with Gasteiger partial charge in [-0.3, -0.25) is 9.59 Å². The minimum atomic E-state index is -2.51. The minimum Gasteiger partial charge on any atom is -0.465 e. The molecule has 192 valence electrons. The Balaban J connectivity index is 2.00. The van der Waals surface area contributed by atoms with Gasteiger partial charge in [0.15, 0.2) is 5.92 Å². The van der Waals surface area contributed by atoms with Crippen LogP contribution in [0.5, 0.6) is 0 Å². The van der Waals surface area contributed by atoms with E-state index in [-0.39, 0.29) is 18.3 Å². The number of hydrogen-bond donors (Lipinski definition) is 0. The number of carbonyl (C=O) groups is 2. The van der Waals surface area contributed by atoms with Gasteiger partial charge < -0.3 is 13.9 Å². The summed E-state index contributed by atoms with van der Waals surface area (Å²) in [5.41, 5.74) is 0. The maximum Gasteiger partial charge on any atom is 0.320 e. The Kier molecular flexibility index (Phi) is 11.7. The van der Waals surface area contributed by atoms with Gasteiger partial charge in [0.25, 0.3) is 8.32 Å². The number of carbonyl (C=O) groups excluding carboxylic acids is 2. The number of unbranched alkanes of at least 4 members (excludes halogenated alkanes) is 3. The Morgan fingerprint density at radius 2 is 1.20 bits per heavy atom. The third kappa shape index (κ3) is 7.77. The number of rotatable bonds is 14. The van der Waals surface area contributed by atoms with Gasteiger partial charge in [-0.15, -0.1) is 0 Å². The molecule has 0 amide bonds. The summed E-state index contributed by atoms with van der Waals surface area (Å²) in [5.74, 6) is -1.80. The number of esters is 2. The molecule has 2 rings (SSSR count). The number of ether oxygens (including phenoxy) is 2. The van der Waals surface area contributed by atoms with Crippen molar-refractivity contribution in [1.29, 1.82) is 0 Å². The molecule has 6 heteroatoms. The van der Waals surface area contributed by atoms with Crippen molar-refractivity contribution < 1.29 is 23.5 Å². The van der Waals surface area contributed by atoms with Crippen LogP contribution in [0.4, 0.5) is 0 Å². The van der Waals surface area contributed by atoms with Crippen LogP contribution in [0.1, 0.15) is 66.7 Å². The predicted molar refractivity (Wildman–Crippen MR) is 143 cm³/mol. The van der Waals surface area contributed by atoms with Crippen LogP contribution in [0.15, 0.2) is 60.7 Å². The molecule has 0 radical (unpaired) electrons. The smallest absolute Gasteiger partial charge is 0.320 e. The highest BCUT2D eigenvalue weighted by atomic mass is 28.4. The van der Waals surface area contributed by atoms with E-state index >= 15 is 0 Å². The first-order valence-corrected chi connectivity index (χ1v) is 14.8. The van der Waals surface area contributed by atoms with Crippen molar-refractivity contribution in [3.8, 4) is 0 Å². The molecule has 0 aromatic heterocycles. The molecule has 5 nitrogen and oxygen atoms in total. The van der Waals surface area contributed by atoms with Gasteiger partial charge in [-0.1, -0.05) is 101 Å². The topological polar surface area (TPSA) is 61.8 Å². The van der Waals surface area contributed by atoms with Gasteiger partial charge in [0.2, 0.25) is 0 Å². The molecule has 0 N–H and O–H groups in total. The fourth-order valence-electron chi connectivity index (χ4n) is 4.61. The zero-order valence-corrected chi connectivity index (χ0v) is 23.0. The van der Waals surface area contributed by atoms with Crippen molar-refractivity contribution >= 4 is 30.6 Å². The molecule has 0 aliphatic heterocycles. The molecular weight excluding hydrogens is 456 g/mol. The van der Waals surface area contributed by atoms with Crippen LogP contribution in [-0.4, -0.2) is 40.1 Å². The first-order chi connectivity index (χ1) is 16.8. The van der Waals surface area contributed by atoms with Crippen LogP contribution in [0.25, 0.3) is 0 Å². The molecule has 0 heterocycles. The monoisotopic (exact) mass is 498 g/mol. The van der Waals surface area contributed by atoms with Crippen LogP contribution in [0.3, 0.4) is 0 Å². The SMILES string of the molecule is CCOC(=O)C(CCCCCCO[Si](c1ccccc1)(c1ccccc1)C(C)(C)C)C(=O)OCC. The third-order valence-corrected chi connectivity index (χ3v) is 11.3. The van der Waals surface area contributed by atoms with Crippen LogP contribution >= 0.6 is 0 Å². The van der Waals surface area contributed by atoms with Crippen LogP contribution in [0.2, 0.25) is 5.04 Å². The highest BCUT2D eigenvalue weighted by molar-refractivity contribution is 6.99. The van der Waals surface area contributed by atoms with Gasteiger partial charge in [0.05, 0.1) is 13.2 Å². The normalized spacial score (nSPS) is 11.9. The first kappa shape index (κ1) is 28.8. The van der Waals surface area contributed by atoms with Gasteiger partial charge in [-0.25, -0.2) is 0 Å². The fourth-order valence-corrected chi connectivity index (χ4v) is 9.21. The second-order valence-corrected chi connectivity index (χ2v) is 14.1. The average molecular weight is 499 g/mol. The van der Waals surface area contributed by atoms with E-state index in [1.54, 1.807) is 13.8 Å². The molecule has 35 heavy (non-hydrogen) atoms. The van der Waals surface area contributed by atoms with E-state index in [9.17, 15) is 9.59 Å². The Morgan fingerprint density at radius 3 is 1.63 bits per heavy atom. The second kappa shape index (κ2) is 14.2. The lowest BCUT2D eigenvalue weighted by Gasteiger charge is -2.43. The minimum absolute atomic E-state index is 0.0395. The lowest BCUT2D eigenvalue weighted by atomic mass is 10.0. The summed E-state index contributed by atoms with van der Waals surface area (Å²) in [7, 11) is -2.51. The van der Waals surface area contributed by atoms with E-state index in [0.29, 0.717) is 13.0 Å². The maximum atomic E-state index is 12.2. The number of hydrogen-bond acceptors (Lipinski definition) is 5. The van der Waals surface area contributed by atoms with Crippen LogP contribution in [-0.2, 0) is 23.5 Å². The third-order valence-electron chi connectivity index (χ3n) is 6.26. The highest BCUT2D eigenvalue weighted by Crippen LogP contribution is 2.36. The summed E-state index contributed by atoms with van der Waals surface area (Å²) in [6.45, 7) is 11.5. The van der Waals surface area contributed by atoms with Crippen LogP contribution < -0.4 is 10.4 Å². The Bertz CT molecular complexity index is 835. The van der Waals surface area contributed by atoms with Crippen molar-refractivity contribution in [3.63, 3.8) is 0 Å². The molecular formula is C29H42O5Si. The zero-order valence-electron chi connectivity index (χ0n) is 22.0. The molecule has 2 aromatic carbocycles. The summed E-state index contributed by atoms with van der Waals surface area (Å²) in [6, 6.07) is 21.3. The highest BCUT2D eigenvalue weighted by Gasteiger charge is 2.49. The summed E-state index contributed by atoms with van der Waals surface area (Å²) >= 11 is 0. The van der Waals surface area contributed by atoms with Crippen molar-refractivity contribution in [2.24, 2.45) is 5.92 Å². The van der Waals surface area contributed by atoms with E-state index < -0.39 is 26.2 Å². The first-order valence-electron chi connectivity index (χ1n) is 12.9. The quantitative estimate of drug-likeness (QED) is 0.154. The fraction of sp³-hybridized carbons (Fsp3) is 0.517. The second-order valence-electron chi connectivity index (χ2n) is 9.77. The van der Waals surface area contributed by atoms with E-state index in [1.165, 1.54) is 10.4 Å². The molecule has 0 unspecified atom stereocenters. The molecule has 0 saturated heterocycles. The Labute approximate surface area is 212 Å². The molecule has 0 atom stereocenters. The van der Waals surface area contributed by atoms with E-state index in [2.05, 4.69) is 81.4 Å². The molecule has 0 bridgehead atoms. The molecule has 2 aromatic rings. The molecule has 0 aliphatic carbocycles. The van der Waals surface area contributed by atoms with E-state index in [4.69, 9.17) is 13.9 Å². The van der Waals surface area contributed by atoms with E-state index in [1.807, 2.05) is 0 Å². The largest absolute Gasteiger partial charge is 0.465 e. The lowest BCUT2D eigenvalue weighted by Crippen LogP contribution is -2.66. The molecule has 0 saturated carbocycles. The standard InChI is InChI=1S/C29H42O5Si/c1-6-32-27(30)26(28(31)33-7-2)22-16-8-9-17-23-34-35(29(3,4)5,24-18-12-10-13-19-24)25-20-14-11-15-21-25/h10-15,18-21,26H,6-9,16-17,22-23H2,1-5H3. The Morgan fingerprint density at radius 1 is 0.743 bits per heavy atom. The van der Waals surface area contributed by atoms with Gasteiger partial charge in [0.1, 0.15) is 0 Å². The summed E-state index contributed by atoms with van der Waals surface area (Å²) < 4.78 is 17.1. The molecule has 0 aliphatic rings. The summed E-state index contributed by atoms with van der Waals surface area (Å²) in [4.78, 5) is 24.3. The van der Waals surface area contributed by atoms with Crippen molar-refractivity contribution in [1.82, 2.24) is 0 Å². The van der Waals surface area contributed by atoms with Crippen molar-refractivity contribution in [2.75, 3.05) is 19.8 Å². The van der Waals surface area contributed by atoms with Crippen molar-refractivity contribution in [2.45, 2.75) is 71.8 Å². The molecule has 0 fully saturated rings. The van der Waals surface area contributed by atoms with Gasteiger partial charge in [0, 0.05) is 6.61 Å². The Hall–Kier alpha value is -2.44. The maximum absolute atomic E-state index is 12.2. The van der Waals surface area contributed by atoms with Gasteiger partial charge >= 0.3 is 11.9 Å². The lowest BCUT2D eigenvalue weighted by molar-refractivity contribution is -0.161. The van der Waals surface area contributed by atoms with Crippen LogP contribution in [0, 0.1) is 5.92 Å². The number of benzene rings is 2. The molecule has 0 spiro atoms. The zero-order chi connectivity index (χ0) is 25.7. The van der Waals surface area contributed by atoms with Crippen molar-refractivity contribution in [3.05, 3.63) is 60.7 Å². The van der Waals surface area contributed by atoms with E-state index in [0.717, 1.165) is 25.7 Å². The summed E-state index contributed by atoms with van der Waals surface area (Å²) in [6.07, 6.45) is 4.03.